The van der Waals surface area contributed by atoms with Gasteiger partial charge in [0, 0.05) is 10.4 Å². The smallest absolute Gasteiger partial charge is 0.176 e. The maximum Gasteiger partial charge on any atom is 0.176 e. The molecule has 1 aromatic rings. The van der Waals surface area contributed by atoms with Gasteiger partial charge in [0.15, 0.2) is 5.78 Å². The number of rotatable bonds is 2. The molecule has 0 radical (unpaired) electrons. The van der Waals surface area contributed by atoms with Crippen molar-refractivity contribution in [1.29, 1.82) is 0 Å². The van der Waals surface area contributed by atoms with Crippen molar-refractivity contribution in [2.75, 3.05) is 0 Å². The van der Waals surface area contributed by atoms with E-state index in [4.69, 9.17) is 0 Å². The molecular formula is C12H12Br2OS. The molecule has 0 spiro atoms. The fraction of sp³-hybridized carbons (Fsp3) is 0.583. The average Bonchev–Trinajstić information content (AvgIpc) is 2.94. The Labute approximate surface area is 116 Å². The first-order chi connectivity index (χ1) is 7.65. The molecule has 3 rings (SSSR count). The van der Waals surface area contributed by atoms with Gasteiger partial charge in [0.1, 0.15) is 0 Å². The maximum absolute atomic E-state index is 12.4. The van der Waals surface area contributed by atoms with Gasteiger partial charge in [-0.2, -0.15) is 0 Å². The van der Waals surface area contributed by atoms with E-state index in [1.807, 2.05) is 6.07 Å². The summed E-state index contributed by atoms with van der Waals surface area (Å²) in [5.74, 6) is 2.21. The van der Waals surface area contributed by atoms with Crippen molar-refractivity contribution in [3.63, 3.8) is 0 Å². The van der Waals surface area contributed by atoms with Crippen LogP contribution in [-0.4, -0.2) is 5.78 Å². The van der Waals surface area contributed by atoms with Crippen LogP contribution in [0.3, 0.4) is 0 Å². The Kier molecular flexibility index (Phi) is 3.01. The minimum absolute atomic E-state index is 0.316. The highest BCUT2D eigenvalue weighted by Crippen LogP contribution is 2.50. The number of ketones is 1. The summed E-state index contributed by atoms with van der Waals surface area (Å²) in [6.45, 7) is 0. The van der Waals surface area contributed by atoms with E-state index in [0.717, 1.165) is 25.5 Å². The molecule has 0 aromatic carbocycles. The topological polar surface area (TPSA) is 17.1 Å². The zero-order valence-electron chi connectivity index (χ0n) is 8.71. The standard InChI is InChI=1S/C12H12Br2OS/c13-9-5-10(16-12(9)14)11(15)8-4-6-1-2-7(8)3-6/h5-8H,1-4H2. The summed E-state index contributed by atoms with van der Waals surface area (Å²) in [5.41, 5.74) is 0. The number of carbonyl (C=O) groups excluding carboxylic acids is 1. The third kappa shape index (κ3) is 1.83. The molecule has 0 saturated heterocycles. The van der Waals surface area contributed by atoms with Gasteiger partial charge in [0.25, 0.3) is 0 Å². The molecule has 3 unspecified atom stereocenters. The van der Waals surface area contributed by atoms with Crippen molar-refractivity contribution in [2.45, 2.75) is 25.7 Å². The lowest BCUT2D eigenvalue weighted by Crippen LogP contribution is -2.20. The minimum atomic E-state index is 0.316. The summed E-state index contributed by atoms with van der Waals surface area (Å²) in [6.07, 6.45) is 5.06. The average molecular weight is 364 g/mol. The van der Waals surface area contributed by atoms with E-state index in [1.54, 1.807) is 11.3 Å². The summed E-state index contributed by atoms with van der Waals surface area (Å²) in [6, 6.07) is 1.96. The SMILES string of the molecule is O=C(c1cc(Br)c(Br)s1)C1CC2CCC1C2. The zero-order chi connectivity index (χ0) is 11.3. The van der Waals surface area contributed by atoms with E-state index in [1.165, 1.54) is 19.3 Å². The summed E-state index contributed by atoms with van der Waals surface area (Å²) < 4.78 is 2.03. The van der Waals surface area contributed by atoms with Gasteiger partial charge in [0.05, 0.1) is 8.66 Å². The van der Waals surface area contributed by atoms with Crippen LogP contribution in [0.1, 0.15) is 35.4 Å². The van der Waals surface area contributed by atoms with Crippen molar-refractivity contribution >= 4 is 49.0 Å². The van der Waals surface area contributed by atoms with Crippen molar-refractivity contribution in [1.82, 2.24) is 0 Å². The first-order valence-corrected chi connectivity index (χ1v) is 8.04. The molecule has 2 aliphatic rings. The number of fused-ring (bicyclic) bond motifs is 2. The predicted molar refractivity (Wildman–Crippen MR) is 73.0 cm³/mol. The normalized spacial score (nSPS) is 32.2. The summed E-state index contributed by atoms with van der Waals surface area (Å²) in [7, 11) is 0. The molecule has 2 bridgehead atoms. The van der Waals surface area contributed by atoms with Crippen LogP contribution in [0.4, 0.5) is 0 Å². The molecule has 2 saturated carbocycles. The number of hydrogen-bond donors (Lipinski definition) is 0. The largest absolute Gasteiger partial charge is 0.293 e. The molecule has 2 aliphatic carbocycles. The van der Waals surface area contributed by atoms with Crippen LogP contribution in [0.15, 0.2) is 14.3 Å². The number of Topliss-reactive ketones (excluding diaryl/α,β-unsaturated/α-hetero) is 1. The lowest BCUT2D eigenvalue weighted by Gasteiger charge is -2.19. The fourth-order valence-electron chi connectivity index (χ4n) is 3.22. The molecule has 0 amide bonds. The number of hydrogen-bond acceptors (Lipinski definition) is 2. The maximum atomic E-state index is 12.4. The lowest BCUT2D eigenvalue weighted by molar-refractivity contribution is 0.0879. The number of carbonyl (C=O) groups is 1. The third-order valence-electron chi connectivity index (χ3n) is 3.96. The van der Waals surface area contributed by atoms with E-state index in [2.05, 4.69) is 31.9 Å². The predicted octanol–water partition coefficient (Wildman–Crippen LogP) is 4.89. The first kappa shape index (κ1) is 11.4. The minimum Gasteiger partial charge on any atom is -0.293 e. The Balaban J connectivity index is 1.83. The number of thiophene rings is 1. The van der Waals surface area contributed by atoms with Gasteiger partial charge in [-0.05, 0) is 69.0 Å². The molecule has 2 fully saturated rings. The van der Waals surface area contributed by atoms with Gasteiger partial charge in [-0.25, -0.2) is 0 Å². The Morgan fingerprint density at radius 1 is 1.31 bits per heavy atom. The second-order valence-electron chi connectivity index (χ2n) is 4.88. The van der Waals surface area contributed by atoms with Crippen LogP contribution in [0, 0.1) is 17.8 Å². The molecule has 0 aliphatic heterocycles. The monoisotopic (exact) mass is 362 g/mol. The Morgan fingerprint density at radius 3 is 2.62 bits per heavy atom. The second kappa shape index (κ2) is 4.21. The quantitative estimate of drug-likeness (QED) is 0.683. The molecule has 16 heavy (non-hydrogen) atoms. The molecular weight excluding hydrogens is 352 g/mol. The number of halogens is 2. The molecule has 3 atom stereocenters. The first-order valence-electron chi connectivity index (χ1n) is 5.64. The van der Waals surface area contributed by atoms with Crippen LogP contribution in [-0.2, 0) is 0 Å². The van der Waals surface area contributed by atoms with Gasteiger partial charge in [-0.3, -0.25) is 4.79 Å². The van der Waals surface area contributed by atoms with E-state index in [0.29, 0.717) is 17.6 Å². The van der Waals surface area contributed by atoms with Crippen molar-refractivity contribution < 1.29 is 4.79 Å². The highest BCUT2D eigenvalue weighted by Gasteiger charge is 2.43. The van der Waals surface area contributed by atoms with Gasteiger partial charge >= 0.3 is 0 Å². The highest BCUT2D eigenvalue weighted by atomic mass is 79.9. The highest BCUT2D eigenvalue weighted by molar-refractivity contribution is 9.13. The van der Waals surface area contributed by atoms with Crippen molar-refractivity contribution in [3.05, 3.63) is 19.2 Å². The molecule has 4 heteroatoms. The molecule has 1 nitrogen and oxygen atoms in total. The van der Waals surface area contributed by atoms with E-state index in [-0.39, 0.29) is 0 Å². The molecule has 1 heterocycles. The van der Waals surface area contributed by atoms with Gasteiger partial charge in [0.2, 0.25) is 0 Å². The molecule has 1 aromatic heterocycles. The van der Waals surface area contributed by atoms with Gasteiger partial charge in [-0.15, -0.1) is 11.3 Å². The van der Waals surface area contributed by atoms with Crippen LogP contribution >= 0.6 is 43.2 Å². The summed E-state index contributed by atoms with van der Waals surface area (Å²) >= 11 is 8.46. The Morgan fingerprint density at radius 2 is 2.12 bits per heavy atom. The van der Waals surface area contributed by atoms with Crippen LogP contribution < -0.4 is 0 Å². The van der Waals surface area contributed by atoms with Crippen LogP contribution in [0.2, 0.25) is 0 Å². The van der Waals surface area contributed by atoms with E-state index in [9.17, 15) is 4.79 Å². The van der Waals surface area contributed by atoms with E-state index >= 15 is 0 Å². The Hall–Kier alpha value is 0.330. The van der Waals surface area contributed by atoms with Crippen molar-refractivity contribution in [2.24, 2.45) is 17.8 Å². The molecule has 86 valence electrons. The third-order valence-corrected chi connectivity index (χ3v) is 7.23. The van der Waals surface area contributed by atoms with Crippen LogP contribution in [0.25, 0.3) is 0 Å². The van der Waals surface area contributed by atoms with Crippen LogP contribution in [0.5, 0.6) is 0 Å². The summed E-state index contributed by atoms with van der Waals surface area (Å²) in [5, 5.41) is 0. The Bertz CT molecular complexity index is 421. The zero-order valence-corrected chi connectivity index (χ0v) is 12.7. The molecule has 0 N–H and O–H groups in total. The summed E-state index contributed by atoms with van der Waals surface area (Å²) in [4.78, 5) is 13.3. The van der Waals surface area contributed by atoms with Gasteiger partial charge < -0.3 is 0 Å². The fourth-order valence-corrected chi connectivity index (χ4v) is 5.26. The second-order valence-corrected chi connectivity index (χ2v) is 8.10. The van der Waals surface area contributed by atoms with Crippen molar-refractivity contribution in [3.8, 4) is 0 Å². The van der Waals surface area contributed by atoms with E-state index < -0.39 is 0 Å². The van der Waals surface area contributed by atoms with Gasteiger partial charge in [-0.1, -0.05) is 6.42 Å². The lowest BCUT2D eigenvalue weighted by atomic mass is 9.85.